The van der Waals surface area contributed by atoms with E-state index in [1.807, 2.05) is 16.1 Å². The summed E-state index contributed by atoms with van der Waals surface area (Å²) in [6.45, 7) is 0. The molecule has 2 bridgehead atoms. The molecule has 9 heteroatoms. The zero-order valence-electron chi connectivity index (χ0n) is 26.1. The van der Waals surface area contributed by atoms with E-state index in [2.05, 4.69) is 24.3 Å². The molecule has 1 heterocycles. The first kappa shape index (κ1) is 31.6. The lowest BCUT2D eigenvalue weighted by Gasteiger charge is -2.52. The van der Waals surface area contributed by atoms with E-state index in [9.17, 15) is 24.1 Å². The molecule has 3 fully saturated rings. The highest BCUT2D eigenvalue weighted by molar-refractivity contribution is 7.98. The summed E-state index contributed by atoms with van der Waals surface area (Å²) < 4.78 is 49.0. The smallest absolute Gasteiger partial charge is 0.311 e. The van der Waals surface area contributed by atoms with Crippen LogP contribution in [0.15, 0.2) is 89.8 Å². The quantitative estimate of drug-likeness (QED) is 0.162. The number of esters is 1. The van der Waals surface area contributed by atoms with Crippen LogP contribution in [-0.4, -0.2) is 17.1 Å². The average Bonchev–Trinajstić information content (AvgIpc) is 3.43. The van der Waals surface area contributed by atoms with E-state index < -0.39 is 17.7 Å². The van der Waals surface area contributed by atoms with E-state index in [1.165, 1.54) is 43.3 Å². The van der Waals surface area contributed by atoms with E-state index in [1.54, 1.807) is 36.4 Å². The van der Waals surface area contributed by atoms with Crippen LogP contribution >= 0.6 is 11.9 Å². The Morgan fingerprint density at radius 3 is 2.10 bits per heavy atom. The van der Waals surface area contributed by atoms with Crippen molar-refractivity contribution in [3.05, 3.63) is 113 Å². The van der Waals surface area contributed by atoms with E-state index in [0.29, 0.717) is 32.6 Å². The molecule has 0 unspecified atom stereocenters. The van der Waals surface area contributed by atoms with Crippen LogP contribution in [0.2, 0.25) is 0 Å². The lowest BCUT2D eigenvalue weighted by molar-refractivity contribution is -0.160. The van der Waals surface area contributed by atoms with Gasteiger partial charge in [-0.15, -0.1) is 0 Å². The van der Waals surface area contributed by atoms with Crippen LogP contribution < -0.4 is 0 Å². The highest BCUT2D eigenvalue weighted by Gasteiger charge is 2.53. The van der Waals surface area contributed by atoms with Gasteiger partial charge in [0.05, 0.1) is 47.0 Å². The summed E-state index contributed by atoms with van der Waals surface area (Å²) in [5.41, 5.74) is 4.09. The number of ether oxygens (including phenoxy) is 1. The van der Waals surface area contributed by atoms with Gasteiger partial charge in [0.25, 0.3) is 6.43 Å². The monoisotopic (exact) mass is 661 g/mol. The molecule has 0 atom stereocenters. The van der Waals surface area contributed by atoms with Crippen molar-refractivity contribution in [1.82, 2.24) is 3.97 Å². The number of fused-ring (bicyclic) bond motifs is 4. The normalized spacial score (nSPS) is 20.1. The lowest BCUT2D eigenvalue weighted by atomic mass is 9.52. The van der Waals surface area contributed by atoms with Crippen molar-refractivity contribution in [2.45, 2.75) is 55.3 Å². The first-order valence-electron chi connectivity index (χ1n) is 15.8. The molecule has 8 rings (SSSR count). The third-order valence-electron chi connectivity index (χ3n) is 10.4. The third-order valence-corrected chi connectivity index (χ3v) is 11.4. The van der Waals surface area contributed by atoms with Crippen LogP contribution in [0.4, 0.5) is 13.2 Å². The molecule has 5 nitrogen and oxygen atoms in total. The Kier molecular flexibility index (Phi) is 8.05. The molecule has 5 aromatic rings. The third kappa shape index (κ3) is 5.14. The summed E-state index contributed by atoms with van der Waals surface area (Å²) in [4.78, 5) is 13.4. The Labute approximate surface area is 280 Å². The number of hydrogen-bond donors (Lipinski definition) is 0. The lowest BCUT2D eigenvalue weighted by Crippen LogP contribution is -2.48. The van der Waals surface area contributed by atoms with Gasteiger partial charge in [0.1, 0.15) is 5.82 Å². The largest absolute Gasteiger partial charge is 0.469 e. The van der Waals surface area contributed by atoms with Gasteiger partial charge in [0.15, 0.2) is 0 Å². The van der Waals surface area contributed by atoms with Crippen molar-refractivity contribution in [3.8, 4) is 34.5 Å². The maximum atomic E-state index is 15.1. The van der Waals surface area contributed by atoms with Crippen molar-refractivity contribution in [1.29, 1.82) is 10.5 Å². The molecule has 1 aromatic heterocycles. The molecule has 0 saturated heterocycles. The van der Waals surface area contributed by atoms with E-state index in [0.717, 1.165) is 49.7 Å². The SMILES string of the molecule is COC(=O)C12CCC(c3cccc(-c4c(-c5c(C#N)cccc5C#N)c5cc(F)ccc5n4Sc4ccc(C(F)F)cc4)c3)(CC1)CC2. The van der Waals surface area contributed by atoms with E-state index in [4.69, 9.17) is 4.74 Å². The molecule has 0 aliphatic heterocycles. The van der Waals surface area contributed by atoms with Gasteiger partial charge in [-0.05, 0) is 110 Å². The molecule has 3 saturated carbocycles. The summed E-state index contributed by atoms with van der Waals surface area (Å²) in [5.74, 6) is -0.605. The molecular weight excluding hydrogens is 632 g/mol. The molecule has 3 aliphatic carbocycles. The van der Waals surface area contributed by atoms with Crippen LogP contribution in [0, 0.1) is 33.9 Å². The molecule has 3 aliphatic rings. The number of carbonyl (C=O) groups is 1. The molecule has 0 radical (unpaired) electrons. The van der Waals surface area contributed by atoms with Crippen molar-refractivity contribution < 1.29 is 22.7 Å². The predicted molar refractivity (Wildman–Crippen MR) is 179 cm³/mol. The number of hydrogen-bond acceptors (Lipinski definition) is 5. The maximum absolute atomic E-state index is 15.1. The molecule has 0 spiro atoms. The highest BCUT2D eigenvalue weighted by Crippen LogP contribution is 2.58. The Bertz CT molecular complexity index is 2100. The Morgan fingerprint density at radius 2 is 1.50 bits per heavy atom. The Morgan fingerprint density at radius 1 is 0.854 bits per heavy atom. The van der Waals surface area contributed by atoms with Crippen LogP contribution in [0.1, 0.15) is 67.2 Å². The molecule has 0 amide bonds. The van der Waals surface area contributed by atoms with Crippen LogP contribution in [0.5, 0.6) is 0 Å². The fourth-order valence-electron chi connectivity index (χ4n) is 7.77. The number of halogens is 3. The van der Waals surface area contributed by atoms with Crippen molar-refractivity contribution in [2.24, 2.45) is 5.41 Å². The molecule has 0 N–H and O–H groups in total. The predicted octanol–water partition coefficient (Wildman–Crippen LogP) is 10.1. The van der Waals surface area contributed by atoms with Crippen LogP contribution in [-0.2, 0) is 14.9 Å². The Hall–Kier alpha value is -4.99. The minimum absolute atomic E-state index is 0.0931. The Balaban J connectivity index is 1.46. The van der Waals surface area contributed by atoms with Gasteiger partial charge in [0.2, 0.25) is 0 Å². The van der Waals surface area contributed by atoms with Gasteiger partial charge < -0.3 is 4.74 Å². The topological polar surface area (TPSA) is 78.8 Å². The minimum atomic E-state index is -2.60. The maximum Gasteiger partial charge on any atom is 0.311 e. The molecule has 48 heavy (non-hydrogen) atoms. The average molecular weight is 662 g/mol. The number of nitriles is 2. The number of carbonyl (C=O) groups excluding carboxylic acids is 1. The second-order valence-corrected chi connectivity index (χ2v) is 13.7. The number of benzene rings is 4. The van der Waals surface area contributed by atoms with Gasteiger partial charge >= 0.3 is 5.97 Å². The second-order valence-electron chi connectivity index (χ2n) is 12.7. The number of nitrogens with zero attached hydrogens (tertiary/aromatic N) is 3. The number of aromatic nitrogens is 1. The van der Waals surface area contributed by atoms with Gasteiger partial charge in [0, 0.05) is 32.5 Å². The summed E-state index contributed by atoms with van der Waals surface area (Å²) in [6, 6.07) is 28.1. The van der Waals surface area contributed by atoms with Crippen molar-refractivity contribution >= 4 is 28.8 Å². The molecular formula is C39H30F3N3O2S. The standard InChI is InChI=1S/C39H30F3N3O2S/c1-47-37(46)39-17-14-38(15-18-39,16-19-39)28-7-3-4-25(20-28)35-34(33-26(22-43)5-2-6-27(33)23-44)31-21-29(40)10-13-32(31)45(35)48-30-11-8-24(9-12-30)36(41)42/h2-13,20-21,36H,14-19H2,1H3. The summed E-state index contributed by atoms with van der Waals surface area (Å²) in [6.07, 6.45) is 2.17. The van der Waals surface area contributed by atoms with Gasteiger partial charge in [-0.2, -0.15) is 10.5 Å². The second kappa shape index (κ2) is 12.2. The fraction of sp³-hybridized carbons (Fsp3) is 0.256. The van der Waals surface area contributed by atoms with Crippen molar-refractivity contribution in [3.63, 3.8) is 0 Å². The van der Waals surface area contributed by atoms with Gasteiger partial charge in [-0.3, -0.25) is 8.77 Å². The number of alkyl halides is 2. The number of methoxy groups -OCH3 is 1. The first-order valence-corrected chi connectivity index (χ1v) is 16.5. The minimum Gasteiger partial charge on any atom is -0.469 e. The summed E-state index contributed by atoms with van der Waals surface area (Å²) >= 11 is 1.30. The van der Waals surface area contributed by atoms with Gasteiger partial charge in [-0.1, -0.05) is 36.4 Å². The molecule has 4 aromatic carbocycles. The van der Waals surface area contributed by atoms with Gasteiger partial charge in [-0.25, -0.2) is 13.2 Å². The van der Waals surface area contributed by atoms with Crippen molar-refractivity contribution in [2.75, 3.05) is 7.11 Å². The number of rotatable bonds is 7. The summed E-state index contributed by atoms with van der Waals surface area (Å²) in [7, 11) is 1.45. The highest BCUT2D eigenvalue weighted by atomic mass is 32.2. The first-order chi connectivity index (χ1) is 23.2. The van der Waals surface area contributed by atoms with E-state index in [-0.39, 0.29) is 28.1 Å². The zero-order chi connectivity index (χ0) is 33.6. The van der Waals surface area contributed by atoms with Crippen LogP contribution in [0.25, 0.3) is 33.3 Å². The molecule has 240 valence electrons. The zero-order valence-corrected chi connectivity index (χ0v) is 26.9. The fourth-order valence-corrected chi connectivity index (χ4v) is 8.78. The van der Waals surface area contributed by atoms with E-state index >= 15 is 4.39 Å². The van der Waals surface area contributed by atoms with Crippen LogP contribution in [0.3, 0.4) is 0 Å². The summed E-state index contributed by atoms with van der Waals surface area (Å²) in [5, 5.41) is 21.0.